The lowest BCUT2D eigenvalue weighted by molar-refractivity contribution is -0.145. The van der Waals surface area contributed by atoms with Gasteiger partial charge in [-0.25, -0.2) is 4.79 Å². The normalized spacial score (nSPS) is 15.4. The van der Waals surface area contributed by atoms with Crippen molar-refractivity contribution in [1.82, 2.24) is 10.6 Å². The van der Waals surface area contributed by atoms with Crippen LogP contribution in [0.25, 0.3) is 0 Å². The molecule has 0 spiro atoms. The van der Waals surface area contributed by atoms with Crippen LogP contribution in [0.2, 0.25) is 0 Å². The summed E-state index contributed by atoms with van der Waals surface area (Å²) >= 11 is 0. The van der Waals surface area contributed by atoms with Gasteiger partial charge < -0.3 is 15.4 Å². The molecule has 1 amide bonds. The Labute approximate surface area is 118 Å². The average Bonchev–Trinajstić information content (AvgIpc) is 3.29. The van der Waals surface area contributed by atoms with Crippen LogP contribution >= 0.6 is 0 Å². The standard InChI is InChI=1S/C15H20N2O3/c1-20-15(19)14(11-5-3-2-4-6-11)17-13(18)9-10-16-12-7-8-12/h2-6,12,14,16H,7-10H2,1H3,(H,17,18). The Balaban J connectivity index is 1.89. The first-order valence-corrected chi connectivity index (χ1v) is 6.86. The summed E-state index contributed by atoms with van der Waals surface area (Å²) in [5.74, 6) is -0.614. The van der Waals surface area contributed by atoms with Crippen LogP contribution in [-0.4, -0.2) is 31.6 Å². The van der Waals surface area contributed by atoms with Crippen LogP contribution in [0.1, 0.15) is 30.9 Å². The van der Waals surface area contributed by atoms with Gasteiger partial charge >= 0.3 is 5.97 Å². The second-order valence-electron chi connectivity index (χ2n) is 4.91. The van der Waals surface area contributed by atoms with Crippen molar-refractivity contribution in [3.05, 3.63) is 35.9 Å². The molecule has 1 atom stereocenters. The Bertz CT molecular complexity index is 457. The maximum atomic E-state index is 11.9. The monoisotopic (exact) mass is 276 g/mol. The van der Waals surface area contributed by atoms with E-state index in [1.54, 1.807) is 12.1 Å². The molecule has 0 saturated heterocycles. The van der Waals surface area contributed by atoms with Gasteiger partial charge in [-0.15, -0.1) is 0 Å². The number of benzene rings is 1. The third kappa shape index (κ3) is 4.35. The first-order chi connectivity index (χ1) is 9.70. The third-order valence-corrected chi connectivity index (χ3v) is 3.24. The summed E-state index contributed by atoms with van der Waals surface area (Å²) in [5.41, 5.74) is 0.725. The van der Waals surface area contributed by atoms with E-state index in [0.29, 0.717) is 19.0 Å². The first kappa shape index (κ1) is 14.5. The fraction of sp³-hybridized carbons (Fsp3) is 0.467. The maximum Gasteiger partial charge on any atom is 0.333 e. The van der Waals surface area contributed by atoms with E-state index in [9.17, 15) is 9.59 Å². The maximum absolute atomic E-state index is 11.9. The highest BCUT2D eigenvalue weighted by molar-refractivity contribution is 5.85. The fourth-order valence-electron chi connectivity index (χ4n) is 1.95. The van der Waals surface area contributed by atoms with E-state index < -0.39 is 12.0 Å². The van der Waals surface area contributed by atoms with Crippen molar-refractivity contribution in [2.75, 3.05) is 13.7 Å². The van der Waals surface area contributed by atoms with Crippen molar-refractivity contribution in [2.24, 2.45) is 0 Å². The minimum atomic E-state index is -0.741. The lowest BCUT2D eigenvalue weighted by Crippen LogP contribution is -2.36. The van der Waals surface area contributed by atoms with Crippen LogP contribution in [0.4, 0.5) is 0 Å². The zero-order valence-corrected chi connectivity index (χ0v) is 11.6. The number of hydrogen-bond donors (Lipinski definition) is 2. The molecule has 0 heterocycles. The highest BCUT2D eigenvalue weighted by Crippen LogP contribution is 2.18. The summed E-state index contributed by atoms with van der Waals surface area (Å²) in [6.07, 6.45) is 2.74. The van der Waals surface area contributed by atoms with Gasteiger partial charge in [0.15, 0.2) is 6.04 Å². The number of nitrogens with one attached hydrogen (secondary N) is 2. The van der Waals surface area contributed by atoms with Gasteiger partial charge in [-0.2, -0.15) is 0 Å². The summed E-state index contributed by atoms with van der Waals surface area (Å²) in [7, 11) is 1.32. The predicted octanol–water partition coefficient (Wildman–Crippen LogP) is 1.16. The molecule has 5 heteroatoms. The molecule has 108 valence electrons. The Morgan fingerprint density at radius 1 is 1.30 bits per heavy atom. The highest BCUT2D eigenvalue weighted by atomic mass is 16.5. The Kier molecular flexibility index (Phi) is 5.12. The zero-order chi connectivity index (χ0) is 14.4. The van der Waals surface area contributed by atoms with E-state index in [-0.39, 0.29) is 5.91 Å². The molecule has 0 bridgehead atoms. The van der Waals surface area contributed by atoms with Crippen LogP contribution in [-0.2, 0) is 14.3 Å². The molecular weight excluding hydrogens is 256 g/mol. The molecule has 2 N–H and O–H groups in total. The van der Waals surface area contributed by atoms with E-state index in [1.807, 2.05) is 18.2 Å². The number of rotatable bonds is 7. The smallest absolute Gasteiger partial charge is 0.333 e. The second-order valence-corrected chi connectivity index (χ2v) is 4.91. The van der Waals surface area contributed by atoms with Gasteiger partial charge in [-0.05, 0) is 18.4 Å². The minimum absolute atomic E-state index is 0.155. The van der Waals surface area contributed by atoms with E-state index in [1.165, 1.54) is 20.0 Å². The summed E-state index contributed by atoms with van der Waals surface area (Å²) < 4.78 is 4.75. The quantitative estimate of drug-likeness (QED) is 0.733. The van der Waals surface area contributed by atoms with E-state index in [2.05, 4.69) is 10.6 Å². The molecule has 1 aromatic rings. The molecular formula is C15H20N2O3. The summed E-state index contributed by atoms with van der Waals surface area (Å²) in [6.45, 7) is 0.638. The fourth-order valence-corrected chi connectivity index (χ4v) is 1.95. The van der Waals surface area contributed by atoms with Gasteiger partial charge in [0.25, 0.3) is 0 Å². The average molecular weight is 276 g/mol. The Morgan fingerprint density at radius 3 is 2.60 bits per heavy atom. The predicted molar refractivity (Wildman–Crippen MR) is 75.0 cm³/mol. The van der Waals surface area contributed by atoms with Crippen molar-refractivity contribution in [1.29, 1.82) is 0 Å². The van der Waals surface area contributed by atoms with Gasteiger partial charge in [-0.1, -0.05) is 30.3 Å². The minimum Gasteiger partial charge on any atom is -0.467 e. The van der Waals surface area contributed by atoms with Crippen LogP contribution in [0.3, 0.4) is 0 Å². The van der Waals surface area contributed by atoms with Gasteiger partial charge in [0, 0.05) is 19.0 Å². The molecule has 0 radical (unpaired) electrons. The number of carbonyl (C=O) groups excluding carboxylic acids is 2. The largest absolute Gasteiger partial charge is 0.467 e. The van der Waals surface area contributed by atoms with Crippen LogP contribution in [0.5, 0.6) is 0 Å². The van der Waals surface area contributed by atoms with Crippen LogP contribution < -0.4 is 10.6 Å². The third-order valence-electron chi connectivity index (χ3n) is 3.24. The Hall–Kier alpha value is -1.88. The van der Waals surface area contributed by atoms with Crippen molar-refractivity contribution in [3.8, 4) is 0 Å². The lowest BCUT2D eigenvalue weighted by Gasteiger charge is -2.17. The van der Waals surface area contributed by atoms with Gasteiger partial charge in [0.1, 0.15) is 0 Å². The molecule has 1 aliphatic carbocycles. The van der Waals surface area contributed by atoms with Crippen LogP contribution in [0.15, 0.2) is 30.3 Å². The lowest BCUT2D eigenvalue weighted by atomic mass is 10.1. The zero-order valence-electron chi connectivity index (χ0n) is 11.6. The molecule has 1 saturated carbocycles. The first-order valence-electron chi connectivity index (χ1n) is 6.86. The van der Waals surface area contributed by atoms with Crippen molar-refractivity contribution >= 4 is 11.9 Å². The van der Waals surface area contributed by atoms with Gasteiger partial charge in [0.2, 0.25) is 5.91 Å². The van der Waals surface area contributed by atoms with Crippen molar-refractivity contribution in [3.63, 3.8) is 0 Å². The van der Waals surface area contributed by atoms with E-state index in [0.717, 1.165) is 5.56 Å². The number of esters is 1. The molecule has 1 aromatic carbocycles. The van der Waals surface area contributed by atoms with Crippen molar-refractivity contribution in [2.45, 2.75) is 31.3 Å². The van der Waals surface area contributed by atoms with Crippen molar-refractivity contribution < 1.29 is 14.3 Å². The highest BCUT2D eigenvalue weighted by Gasteiger charge is 2.24. The molecule has 0 aliphatic heterocycles. The molecule has 2 rings (SSSR count). The molecule has 1 fully saturated rings. The van der Waals surface area contributed by atoms with Gasteiger partial charge in [-0.3, -0.25) is 4.79 Å². The topological polar surface area (TPSA) is 67.4 Å². The molecule has 1 unspecified atom stereocenters. The molecule has 20 heavy (non-hydrogen) atoms. The summed E-state index contributed by atoms with van der Waals surface area (Å²) in [5, 5.41) is 5.99. The van der Waals surface area contributed by atoms with E-state index in [4.69, 9.17) is 4.74 Å². The number of amides is 1. The van der Waals surface area contributed by atoms with Crippen LogP contribution in [0, 0.1) is 0 Å². The molecule has 0 aromatic heterocycles. The number of carbonyl (C=O) groups is 2. The SMILES string of the molecule is COC(=O)C(NC(=O)CCNC1CC1)c1ccccc1. The Morgan fingerprint density at radius 2 is 2.00 bits per heavy atom. The number of hydrogen-bond acceptors (Lipinski definition) is 4. The van der Waals surface area contributed by atoms with Gasteiger partial charge in [0.05, 0.1) is 7.11 Å². The van der Waals surface area contributed by atoms with E-state index >= 15 is 0 Å². The number of methoxy groups -OCH3 is 1. The molecule has 5 nitrogen and oxygen atoms in total. The number of ether oxygens (including phenoxy) is 1. The molecule has 1 aliphatic rings. The summed E-state index contributed by atoms with van der Waals surface area (Å²) in [6, 6.07) is 8.94. The summed E-state index contributed by atoms with van der Waals surface area (Å²) in [4.78, 5) is 23.7. The second kappa shape index (κ2) is 7.05.